The molecular formula is C20H26N2O3. The highest BCUT2D eigenvalue weighted by Crippen LogP contribution is 2.19. The molecule has 0 aromatic heterocycles. The van der Waals surface area contributed by atoms with E-state index in [1.54, 1.807) is 0 Å². The second-order valence-electron chi connectivity index (χ2n) is 5.75. The summed E-state index contributed by atoms with van der Waals surface area (Å²) in [5.41, 5.74) is 2.79. The predicted molar refractivity (Wildman–Crippen MR) is 99.7 cm³/mol. The topological polar surface area (TPSA) is 70.6 Å². The minimum absolute atomic E-state index is 0.0793. The van der Waals surface area contributed by atoms with Crippen molar-refractivity contribution in [3.05, 3.63) is 65.7 Å². The molecule has 0 aliphatic heterocycles. The molecule has 0 radical (unpaired) electrons. The Balaban J connectivity index is 1.93. The van der Waals surface area contributed by atoms with Gasteiger partial charge in [-0.25, -0.2) is 4.79 Å². The van der Waals surface area contributed by atoms with Crippen molar-refractivity contribution in [3.63, 3.8) is 0 Å². The van der Waals surface area contributed by atoms with Gasteiger partial charge in [0.25, 0.3) is 0 Å². The fourth-order valence-corrected chi connectivity index (χ4v) is 2.63. The number of aliphatic hydroxyl groups is 1. The number of anilines is 1. The van der Waals surface area contributed by atoms with Crippen molar-refractivity contribution in [1.29, 1.82) is 0 Å². The van der Waals surface area contributed by atoms with Crippen LogP contribution in [-0.2, 0) is 11.3 Å². The minimum Gasteiger partial charge on any atom is -0.396 e. The van der Waals surface area contributed by atoms with Gasteiger partial charge in [-0.3, -0.25) is 0 Å². The van der Waals surface area contributed by atoms with E-state index in [0.717, 1.165) is 16.8 Å². The minimum atomic E-state index is -0.261. The summed E-state index contributed by atoms with van der Waals surface area (Å²) in [6.07, 6.45) is 0.602. The van der Waals surface area contributed by atoms with Crippen LogP contribution < -0.4 is 10.6 Å². The van der Waals surface area contributed by atoms with Gasteiger partial charge in [0.15, 0.2) is 0 Å². The summed E-state index contributed by atoms with van der Waals surface area (Å²) in [5.74, 6) is 0.0793. The molecule has 2 aromatic rings. The van der Waals surface area contributed by atoms with E-state index in [9.17, 15) is 9.90 Å². The number of rotatable bonds is 9. The third-order valence-electron chi connectivity index (χ3n) is 3.98. The third-order valence-corrected chi connectivity index (χ3v) is 3.98. The number of ether oxygens (including phenoxy) is 1. The zero-order valence-electron chi connectivity index (χ0n) is 14.6. The van der Waals surface area contributed by atoms with E-state index >= 15 is 0 Å². The highest BCUT2D eigenvalue weighted by molar-refractivity contribution is 5.90. The molecule has 1 unspecified atom stereocenters. The van der Waals surface area contributed by atoms with Crippen molar-refractivity contribution in [3.8, 4) is 0 Å². The lowest BCUT2D eigenvalue weighted by atomic mass is 9.96. The molecule has 2 rings (SSSR count). The van der Waals surface area contributed by atoms with E-state index in [-0.39, 0.29) is 18.6 Å². The average Bonchev–Trinajstić information content (AvgIpc) is 2.65. The van der Waals surface area contributed by atoms with Crippen LogP contribution >= 0.6 is 0 Å². The van der Waals surface area contributed by atoms with Crippen LogP contribution in [-0.4, -0.2) is 30.9 Å². The van der Waals surface area contributed by atoms with Gasteiger partial charge < -0.3 is 20.5 Å². The van der Waals surface area contributed by atoms with Crippen molar-refractivity contribution in [2.24, 2.45) is 0 Å². The van der Waals surface area contributed by atoms with Crippen molar-refractivity contribution in [2.45, 2.75) is 25.9 Å². The van der Waals surface area contributed by atoms with Crippen LogP contribution in [0.1, 0.15) is 30.4 Å². The van der Waals surface area contributed by atoms with Crippen molar-refractivity contribution >= 4 is 11.7 Å². The Labute approximate surface area is 149 Å². The number of benzene rings is 2. The maximum Gasteiger partial charge on any atom is 0.319 e. The Morgan fingerprint density at radius 1 is 1.12 bits per heavy atom. The molecule has 3 N–H and O–H groups in total. The molecule has 0 saturated heterocycles. The number of amides is 2. The van der Waals surface area contributed by atoms with Crippen LogP contribution in [0.3, 0.4) is 0 Å². The number of carbonyl (C=O) groups is 1. The van der Waals surface area contributed by atoms with Gasteiger partial charge in [-0.15, -0.1) is 0 Å². The van der Waals surface area contributed by atoms with Crippen molar-refractivity contribution in [1.82, 2.24) is 5.32 Å². The summed E-state index contributed by atoms with van der Waals surface area (Å²) in [6.45, 7) is 3.57. The molecule has 0 heterocycles. The fraction of sp³-hybridized carbons (Fsp3) is 0.350. The molecule has 0 spiro atoms. The van der Waals surface area contributed by atoms with E-state index < -0.39 is 0 Å². The molecule has 5 nitrogen and oxygen atoms in total. The molecule has 1 atom stereocenters. The molecule has 0 bridgehead atoms. The van der Waals surface area contributed by atoms with E-state index in [2.05, 4.69) is 10.6 Å². The monoisotopic (exact) mass is 342 g/mol. The SMILES string of the molecule is CCOCc1ccccc1NC(=O)NCC(CCO)c1ccccc1. The van der Waals surface area contributed by atoms with E-state index in [1.165, 1.54) is 0 Å². The van der Waals surface area contributed by atoms with Crippen molar-refractivity contribution in [2.75, 3.05) is 25.1 Å². The van der Waals surface area contributed by atoms with Gasteiger partial charge >= 0.3 is 6.03 Å². The Morgan fingerprint density at radius 2 is 1.84 bits per heavy atom. The molecule has 2 amide bonds. The zero-order chi connectivity index (χ0) is 17.9. The number of nitrogens with one attached hydrogen (secondary N) is 2. The average molecular weight is 342 g/mol. The zero-order valence-corrected chi connectivity index (χ0v) is 14.6. The van der Waals surface area contributed by atoms with Gasteiger partial charge in [0.05, 0.1) is 6.61 Å². The number of carbonyl (C=O) groups excluding carboxylic acids is 1. The Bertz CT molecular complexity index is 646. The molecule has 0 fully saturated rings. The predicted octanol–water partition coefficient (Wildman–Crippen LogP) is 3.51. The van der Waals surface area contributed by atoms with Gasteiger partial charge in [0.2, 0.25) is 0 Å². The van der Waals surface area contributed by atoms with Crippen molar-refractivity contribution < 1.29 is 14.6 Å². The lowest BCUT2D eigenvalue weighted by Gasteiger charge is -2.18. The van der Waals surface area contributed by atoms with E-state index in [0.29, 0.717) is 26.2 Å². The summed E-state index contributed by atoms with van der Waals surface area (Å²) < 4.78 is 5.43. The second kappa shape index (κ2) is 10.5. The molecule has 5 heteroatoms. The Hall–Kier alpha value is -2.37. The van der Waals surface area contributed by atoms with Gasteiger partial charge in [-0.05, 0) is 25.0 Å². The van der Waals surface area contributed by atoms with Crippen LogP contribution in [0.25, 0.3) is 0 Å². The number of para-hydroxylation sites is 1. The molecule has 0 saturated carbocycles. The van der Waals surface area contributed by atoms with Crippen LogP contribution in [0.15, 0.2) is 54.6 Å². The Kier molecular flexibility index (Phi) is 7.95. The number of hydrogen-bond donors (Lipinski definition) is 3. The first-order chi connectivity index (χ1) is 12.2. The van der Waals surface area contributed by atoms with E-state index in [4.69, 9.17) is 4.74 Å². The number of urea groups is 1. The largest absolute Gasteiger partial charge is 0.396 e. The summed E-state index contributed by atoms with van der Waals surface area (Å²) in [7, 11) is 0. The number of hydrogen-bond acceptors (Lipinski definition) is 3. The maximum atomic E-state index is 12.3. The fourth-order valence-electron chi connectivity index (χ4n) is 2.63. The molecule has 25 heavy (non-hydrogen) atoms. The van der Waals surface area contributed by atoms with E-state index in [1.807, 2.05) is 61.5 Å². The quantitative estimate of drug-likeness (QED) is 0.653. The molecule has 134 valence electrons. The lowest BCUT2D eigenvalue weighted by molar-refractivity contribution is 0.134. The standard InChI is InChI=1S/C20H26N2O3/c1-2-25-15-18-10-6-7-11-19(18)22-20(24)21-14-17(12-13-23)16-8-4-3-5-9-16/h3-11,17,23H,2,12-15H2,1H3,(H2,21,22,24). The van der Waals surface area contributed by atoms with Gasteiger partial charge in [0, 0.05) is 36.9 Å². The molecule has 2 aromatic carbocycles. The highest BCUT2D eigenvalue weighted by Gasteiger charge is 2.13. The molecule has 0 aliphatic carbocycles. The van der Waals surface area contributed by atoms with Crippen LogP contribution in [0, 0.1) is 0 Å². The summed E-state index contributed by atoms with van der Waals surface area (Å²) in [6, 6.07) is 17.2. The number of aliphatic hydroxyl groups excluding tert-OH is 1. The van der Waals surface area contributed by atoms with Crippen LogP contribution in [0.2, 0.25) is 0 Å². The highest BCUT2D eigenvalue weighted by atomic mass is 16.5. The summed E-state index contributed by atoms with van der Waals surface area (Å²) in [4.78, 5) is 12.3. The lowest BCUT2D eigenvalue weighted by Crippen LogP contribution is -2.33. The van der Waals surface area contributed by atoms with Gasteiger partial charge in [-0.2, -0.15) is 0 Å². The first-order valence-electron chi connectivity index (χ1n) is 8.61. The Morgan fingerprint density at radius 3 is 2.56 bits per heavy atom. The van der Waals surface area contributed by atoms with Gasteiger partial charge in [0.1, 0.15) is 0 Å². The molecular weight excluding hydrogens is 316 g/mol. The van der Waals surface area contributed by atoms with Gasteiger partial charge in [-0.1, -0.05) is 48.5 Å². The first-order valence-corrected chi connectivity index (χ1v) is 8.61. The van der Waals surface area contributed by atoms with Crippen LogP contribution in [0.5, 0.6) is 0 Å². The van der Waals surface area contributed by atoms with Crippen LogP contribution in [0.4, 0.5) is 10.5 Å². The molecule has 0 aliphatic rings. The summed E-state index contributed by atoms with van der Waals surface area (Å²) >= 11 is 0. The second-order valence-corrected chi connectivity index (χ2v) is 5.75. The first kappa shape index (κ1) is 19.0. The smallest absolute Gasteiger partial charge is 0.319 e. The maximum absolute atomic E-state index is 12.3. The third kappa shape index (κ3) is 6.21. The summed E-state index contributed by atoms with van der Waals surface area (Å²) in [5, 5.41) is 15.0. The normalized spacial score (nSPS) is 11.8.